The van der Waals surface area contributed by atoms with Gasteiger partial charge < -0.3 is 14.9 Å². The smallest absolute Gasteiger partial charge is 0.225 e. The first-order valence-corrected chi connectivity index (χ1v) is 11.5. The van der Waals surface area contributed by atoms with E-state index in [2.05, 4.69) is 26.8 Å². The van der Waals surface area contributed by atoms with Crippen molar-refractivity contribution in [1.29, 1.82) is 0 Å². The fourth-order valence-electron chi connectivity index (χ4n) is 5.68. The molecule has 0 spiro atoms. The number of fused-ring (bicyclic) bond motifs is 4. The van der Waals surface area contributed by atoms with Gasteiger partial charge in [-0.1, -0.05) is 0 Å². The van der Waals surface area contributed by atoms with Gasteiger partial charge in [0.2, 0.25) is 11.9 Å². The summed E-state index contributed by atoms with van der Waals surface area (Å²) >= 11 is 0. The third-order valence-corrected chi connectivity index (χ3v) is 7.39. The first-order chi connectivity index (χ1) is 14.9. The minimum atomic E-state index is -0.301. The third-order valence-electron chi connectivity index (χ3n) is 7.39. The van der Waals surface area contributed by atoms with Crippen molar-refractivity contribution in [3.8, 4) is 0 Å². The Morgan fingerprint density at radius 1 is 1.26 bits per heavy atom. The van der Waals surface area contributed by atoms with E-state index in [0.29, 0.717) is 13.0 Å². The lowest BCUT2D eigenvalue weighted by molar-refractivity contribution is -0.134. The Balaban J connectivity index is 1.32. The van der Waals surface area contributed by atoms with Gasteiger partial charge in [-0.05, 0) is 51.5 Å². The summed E-state index contributed by atoms with van der Waals surface area (Å²) in [4.78, 5) is 27.0. The molecule has 3 aliphatic rings. The summed E-state index contributed by atoms with van der Waals surface area (Å²) in [5.74, 6) is 0.947. The minimum absolute atomic E-state index is 0.0957. The topological polar surface area (TPSA) is 87.4 Å². The van der Waals surface area contributed by atoms with Crippen LogP contribution in [0.1, 0.15) is 66.4 Å². The molecule has 0 aliphatic carbocycles. The largest absolute Gasteiger partial charge is 0.391 e. The lowest BCUT2D eigenvalue weighted by Crippen LogP contribution is -2.43. The van der Waals surface area contributed by atoms with E-state index in [1.165, 1.54) is 5.56 Å². The van der Waals surface area contributed by atoms with Crippen molar-refractivity contribution in [1.82, 2.24) is 24.6 Å². The second kappa shape index (κ2) is 7.89. The van der Waals surface area contributed by atoms with E-state index in [1.807, 2.05) is 24.9 Å². The predicted molar refractivity (Wildman–Crippen MR) is 117 cm³/mol. The lowest BCUT2D eigenvalue weighted by Gasteiger charge is -2.37. The summed E-state index contributed by atoms with van der Waals surface area (Å²) in [7, 11) is 1.95. The Kier molecular flexibility index (Phi) is 5.20. The Morgan fingerprint density at radius 2 is 2.10 bits per heavy atom. The molecular formula is C23H32N6O2. The molecule has 2 bridgehead atoms. The van der Waals surface area contributed by atoms with Gasteiger partial charge in [-0.3, -0.25) is 9.48 Å². The van der Waals surface area contributed by atoms with Crippen molar-refractivity contribution in [2.24, 2.45) is 7.05 Å². The fourth-order valence-corrected chi connectivity index (χ4v) is 5.68. The van der Waals surface area contributed by atoms with Gasteiger partial charge in [0, 0.05) is 56.5 Å². The summed E-state index contributed by atoms with van der Waals surface area (Å²) in [5.41, 5.74) is 5.54. The zero-order chi connectivity index (χ0) is 21.7. The molecule has 5 heterocycles. The van der Waals surface area contributed by atoms with Gasteiger partial charge in [-0.15, -0.1) is 0 Å². The van der Waals surface area contributed by atoms with Crippen LogP contribution in [0.4, 0.5) is 5.95 Å². The van der Waals surface area contributed by atoms with Gasteiger partial charge in [-0.2, -0.15) is 5.10 Å². The number of hydrogen-bond acceptors (Lipinski definition) is 6. The van der Waals surface area contributed by atoms with Gasteiger partial charge in [0.1, 0.15) is 0 Å². The van der Waals surface area contributed by atoms with E-state index in [9.17, 15) is 9.90 Å². The van der Waals surface area contributed by atoms with Crippen LogP contribution in [0.25, 0.3) is 0 Å². The SMILES string of the molecule is Cc1nn(C)c(C)c1CCC(=O)N1[C@H]2CC[C@@H]1c1cnc(N3CCC[C@H](O)C3)nc1C2. The number of carbonyl (C=O) groups is 1. The van der Waals surface area contributed by atoms with E-state index in [0.717, 1.165) is 73.7 Å². The van der Waals surface area contributed by atoms with Crippen molar-refractivity contribution in [2.45, 2.75) is 77.0 Å². The van der Waals surface area contributed by atoms with Crippen molar-refractivity contribution in [3.63, 3.8) is 0 Å². The molecule has 0 unspecified atom stereocenters. The molecule has 0 aromatic carbocycles. The van der Waals surface area contributed by atoms with E-state index >= 15 is 0 Å². The molecule has 2 saturated heterocycles. The molecule has 31 heavy (non-hydrogen) atoms. The molecule has 3 aliphatic heterocycles. The molecule has 3 atom stereocenters. The molecule has 5 rings (SSSR count). The number of aliphatic hydroxyl groups excluding tert-OH is 1. The molecule has 1 amide bonds. The van der Waals surface area contributed by atoms with E-state index in [-0.39, 0.29) is 24.1 Å². The van der Waals surface area contributed by atoms with Gasteiger partial charge in [0.15, 0.2) is 0 Å². The number of piperidine rings is 1. The van der Waals surface area contributed by atoms with E-state index in [1.54, 1.807) is 0 Å². The number of anilines is 1. The number of rotatable bonds is 4. The molecule has 2 aromatic heterocycles. The predicted octanol–water partition coefficient (Wildman–Crippen LogP) is 2.01. The first-order valence-electron chi connectivity index (χ1n) is 11.5. The van der Waals surface area contributed by atoms with Crippen molar-refractivity contribution in [2.75, 3.05) is 18.0 Å². The summed E-state index contributed by atoms with van der Waals surface area (Å²) in [6.45, 7) is 5.57. The van der Waals surface area contributed by atoms with Crippen LogP contribution in [0.15, 0.2) is 6.20 Å². The standard InChI is InChI=1S/C23H32N6O2/c1-14-18(15(2)27(3)26-14)7-9-22(31)29-16-6-8-21(29)19-12-24-23(25-20(19)11-16)28-10-4-5-17(30)13-28/h12,16-17,21,30H,4-11,13H2,1-3H3/t16-,17-,21+/m0/s1. The van der Waals surface area contributed by atoms with Crippen LogP contribution in [-0.4, -0.2) is 60.9 Å². The quantitative estimate of drug-likeness (QED) is 0.808. The average molecular weight is 425 g/mol. The van der Waals surface area contributed by atoms with Gasteiger partial charge in [0.05, 0.1) is 23.5 Å². The molecule has 8 heteroatoms. The van der Waals surface area contributed by atoms with Crippen LogP contribution in [0.2, 0.25) is 0 Å². The van der Waals surface area contributed by atoms with Crippen LogP contribution < -0.4 is 4.90 Å². The third kappa shape index (κ3) is 3.60. The number of carbonyl (C=O) groups excluding carboxylic acids is 1. The maximum atomic E-state index is 13.2. The fraction of sp³-hybridized carbons (Fsp3) is 0.652. The second-order valence-corrected chi connectivity index (χ2v) is 9.34. The summed E-state index contributed by atoms with van der Waals surface area (Å²) in [6, 6.07) is 0.328. The molecule has 1 N–H and O–H groups in total. The highest BCUT2D eigenvalue weighted by Crippen LogP contribution is 2.43. The highest BCUT2D eigenvalue weighted by Gasteiger charge is 2.43. The molecule has 0 saturated carbocycles. The van der Waals surface area contributed by atoms with Crippen molar-refractivity contribution < 1.29 is 9.90 Å². The number of aliphatic hydroxyl groups is 1. The highest BCUT2D eigenvalue weighted by molar-refractivity contribution is 5.78. The number of aromatic nitrogens is 4. The number of hydrogen-bond donors (Lipinski definition) is 1. The normalized spacial score (nSPS) is 25.1. The molecule has 8 nitrogen and oxygen atoms in total. The van der Waals surface area contributed by atoms with Crippen LogP contribution in [0, 0.1) is 13.8 Å². The van der Waals surface area contributed by atoms with E-state index < -0.39 is 0 Å². The summed E-state index contributed by atoms with van der Waals surface area (Å²) < 4.78 is 1.90. The van der Waals surface area contributed by atoms with Crippen LogP contribution >= 0.6 is 0 Å². The molecule has 2 aromatic rings. The number of amides is 1. The van der Waals surface area contributed by atoms with Gasteiger partial charge in [0.25, 0.3) is 0 Å². The zero-order valence-corrected chi connectivity index (χ0v) is 18.7. The maximum absolute atomic E-state index is 13.2. The Bertz CT molecular complexity index is 1000. The molecule has 2 fully saturated rings. The molecule has 0 radical (unpaired) electrons. The van der Waals surface area contributed by atoms with E-state index in [4.69, 9.17) is 4.98 Å². The average Bonchev–Trinajstić information content (AvgIpc) is 3.20. The van der Waals surface area contributed by atoms with Crippen LogP contribution in [0.5, 0.6) is 0 Å². The van der Waals surface area contributed by atoms with Crippen molar-refractivity contribution >= 4 is 11.9 Å². The monoisotopic (exact) mass is 424 g/mol. The second-order valence-electron chi connectivity index (χ2n) is 9.34. The summed E-state index contributed by atoms with van der Waals surface area (Å²) in [5, 5.41) is 14.5. The molecular weight excluding hydrogens is 392 g/mol. The number of aryl methyl sites for hydroxylation is 2. The first kappa shape index (κ1) is 20.4. The number of β-amino-alcohol motifs (C(OH)–C–C–N with tert-alkyl or cyclic N) is 1. The Morgan fingerprint density at radius 3 is 2.84 bits per heavy atom. The zero-order valence-electron chi connectivity index (χ0n) is 18.7. The summed E-state index contributed by atoms with van der Waals surface area (Å²) in [6.07, 6.45) is 7.50. The van der Waals surface area contributed by atoms with Gasteiger partial charge in [-0.25, -0.2) is 9.97 Å². The lowest BCUT2D eigenvalue weighted by atomic mass is 9.98. The van der Waals surface area contributed by atoms with Gasteiger partial charge >= 0.3 is 0 Å². The van der Waals surface area contributed by atoms with Crippen LogP contribution in [-0.2, 0) is 24.7 Å². The highest BCUT2D eigenvalue weighted by atomic mass is 16.3. The van der Waals surface area contributed by atoms with Crippen LogP contribution in [0.3, 0.4) is 0 Å². The van der Waals surface area contributed by atoms with Crippen molar-refractivity contribution in [3.05, 3.63) is 34.4 Å². The maximum Gasteiger partial charge on any atom is 0.225 e. The Labute approximate surface area is 183 Å². The minimum Gasteiger partial charge on any atom is -0.391 e. The number of nitrogens with zero attached hydrogens (tertiary/aromatic N) is 6. The molecule has 166 valence electrons. The Hall–Kier alpha value is -2.48.